The van der Waals surface area contributed by atoms with Crippen LogP contribution in [0.3, 0.4) is 0 Å². The molecule has 7 heteroatoms. The SMILES string of the molecule is CC(Cc1cn[nH]c1S(C)(=O)=O)OC=O. The van der Waals surface area contributed by atoms with E-state index in [4.69, 9.17) is 0 Å². The van der Waals surface area contributed by atoms with Crippen LogP contribution in [-0.2, 0) is 25.8 Å². The van der Waals surface area contributed by atoms with E-state index >= 15 is 0 Å². The van der Waals surface area contributed by atoms with Gasteiger partial charge in [0, 0.05) is 18.2 Å². The Morgan fingerprint density at radius 1 is 1.67 bits per heavy atom. The molecule has 0 aliphatic heterocycles. The second-order valence-corrected chi connectivity index (χ2v) is 5.20. The predicted octanol–water partition coefficient (Wildman–Crippen LogP) is -0.0828. The van der Waals surface area contributed by atoms with Crippen LogP contribution in [-0.4, -0.2) is 37.4 Å². The van der Waals surface area contributed by atoms with E-state index in [-0.39, 0.29) is 11.1 Å². The smallest absolute Gasteiger partial charge is 0.293 e. The molecule has 1 N–H and O–H groups in total. The van der Waals surface area contributed by atoms with Crippen LogP contribution in [0, 0.1) is 0 Å². The lowest BCUT2D eigenvalue weighted by Gasteiger charge is -2.08. The van der Waals surface area contributed by atoms with Gasteiger partial charge >= 0.3 is 0 Å². The summed E-state index contributed by atoms with van der Waals surface area (Å²) in [6.45, 7) is 2.01. The van der Waals surface area contributed by atoms with Gasteiger partial charge in [-0.2, -0.15) is 5.10 Å². The molecule has 1 atom stereocenters. The van der Waals surface area contributed by atoms with Gasteiger partial charge in [-0.05, 0) is 6.92 Å². The molecule has 6 nitrogen and oxygen atoms in total. The van der Waals surface area contributed by atoms with E-state index in [1.807, 2.05) is 0 Å². The molecule has 0 aliphatic rings. The van der Waals surface area contributed by atoms with E-state index in [1.54, 1.807) is 6.92 Å². The van der Waals surface area contributed by atoms with Gasteiger partial charge in [-0.15, -0.1) is 0 Å². The summed E-state index contributed by atoms with van der Waals surface area (Å²) < 4.78 is 27.2. The molecule has 1 aromatic heterocycles. The van der Waals surface area contributed by atoms with Crippen LogP contribution in [0.25, 0.3) is 0 Å². The summed E-state index contributed by atoms with van der Waals surface area (Å²) in [6, 6.07) is 0. The zero-order chi connectivity index (χ0) is 11.5. The Bertz CT molecular complexity index is 437. The summed E-state index contributed by atoms with van der Waals surface area (Å²) in [5.74, 6) is 0. The Kier molecular flexibility index (Phi) is 3.46. The Labute approximate surface area is 87.6 Å². The van der Waals surface area contributed by atoms with Crippen LogP contribution in [0.1, 0.15) is 12.5 Å². The zero-order valence-corrected chi connectivity index (χ0v) is 9.24. The standard InChI is InChI=1S/C8H12N2O4S/c1-6(14-5-11)3-7-4-9-10-8(7)15(2,12)13/h4-6H,3H2,1-2H3,(H,9,10). The number of carbonyl (C=O) groups excluding carboxylic acids is 1. The number of sulfone groups is 1. The maximum absolute atomic E-state index is 11.3. The van der Waals surface area contributed by atoms with Crippen molar-refractivity contribution in [2.24, 2.45) is 0 Å². The van der Waals surface area contributed by atoms with Crippen molar-refractivity contribution in [1.82, 2.24) is 10.2 Å². The molecule has 1 aromatic rings. The molecule has 0 radical (unpaired) electrons. The van der Waals surface area contributed by atoms with Gasteiger partial charge < -0.3 is 4.74 Å². The zero-order valence-electron chi connectivity index (χ0n) is 8.43. The molecule has 15 heavy (non-hydrogen) atoms. The van der Waals surface area contributed by atoms with Crippen molar-refractivity contribution in [2.45, 2.75) is 24.5 Å². The van der Waals surface area contributed by atoms with Crippen molar-refractivity contribution in [2.75, 3.05) is 6.26 Å². The van der Waals surface area contributed by atoms with Crippen molar-refractivity contribution in [3.8, 4) is 0 Å². The van der Waals surface area contributed by atoms with E-state index in [0.717, 1.165) is 6.26 Å². The fourth-order valence-corrected chi connectivity index (χ4v) is 2.05. The number of ether oxygens (including phenoxy) is 1. The first-order valence-electron chi connectivity index (χ1n) is 4.26. The minimum absolute atomic E-state index is 0.0730. The van der Waals surface area contributed by atoms with Crippen LogP contribution in [0.2, 0.25) is 0 Å². The molecule has 1 heterocycles. The van der Waals surface area contributed by atoms with Crippen LogP contribution in [0.5, 0.6) is 0 Å². The molecule has 0 saturated heterocycles. The lowest BCUT2D eigenvalue weighted by Crippen LogP contribution is -2.12. The lowest BCUT2D eigenvalue weighted by molar-refractivity contribution is -0.132. The van der Waals surface area contributed by atoms with Crippen molar-refractivity contribution in [3.63, 3.8) is 0 Å². The maximum atomic E-state index is 11.3. The summed E-state index contributed by atoms with van der Waals surface area (Å²) in [7, 11) is -3.31. The average Bonchev–Trinajstić information content (AvgIpc) is 2.51. The molecule has 0 spiro atoms. The molecule has 0 saturated carbocycles. The summed E-state index contributed by atoms with van der Waals surface area (Å²) in [5.41, 5.74) is 0.520. The highest BCUT2D eigenvalue weighted by molar-refractivity contribution is 7.90. The van der Waals surface area contributed by atoms with Gasteiger partial charge in [0.1, 0.15) is 6.10 Å². The minimum atomic E-state index is -3.31. The Morgan fingerprint density at radius 3 is 2.87 bits per heavy atom. The van der Waals surface area contributed by atoms with Crippen LogP contribution >= 0.6 is 0 Å². The number of carbonyl (C=O) groups is 1. The average molecular weight is 232 g/mol. The monoisotopic (exact) mass is 232 g/mol. The maximum Gasteiger partial charge on any atom is 0.293 e. The van der Waals surface area contributed by atoms with E-state index in [0.29, 0.717) is 18.5 Å². The minimum Gasteiger partial charge on any atom is -0.465 e. The lowest BCUT2D eigenvalue weighted by atomic mass is 10.2. The molecular weight excluding hydrogens is 220 g/mol. The predicted molar refractivity (Wildman–Crippen MR) is 52.0 cm³/mol. The molecule has 0 fully saturated rings. The number of aromatic amines is 1. The molecule has 0 aromatic carbocycles. The molecular formula is C8H12N2O4S. The van der Waals surface area contributed by atoms with Gasteiger partial charge in [0.2, 0.25) is 0 Å². The number of nitrogens with one attached hydrogen (secondary N) is 1. The normalized spacial score (nSPS) is 13.5. The highest BCUT2D eigenvalue weighted by atomic mass is 32.2. The van der Waals surface area contributed by atoms with Crippen LogP contribution in [0.4, 0.5) is 0 Å². The quantitative estimate of drug-likeness (QED) is 0.717. The van der Waals surface area contributed by atoms with E-state index in [2.05, 4.69) is 14.9 Å². The number of rotatable bonds is 5. The number of hydrogen-bond acceptors (Lipinski definition) is 5. The topological polar surface area (TPSA) is 89.1 Å². The molecule has 1 rings (SSSR count). The second kappa shape index (κ2) is 4.43. The van der Waals surface area contributed by atoms with Crippen molar-refractivity contribution in [1.29, 1.82) is 0 Å². The summed E-state index contributed by atoms with van der Waals surface area (Å²) >= 11 is 0. The third kappa shape index (κ3) is 3.05. The van der Waals surface area contributed by atoms with Gasteiger partial charge in [0.15, 0.2) is 14.9 Å². The Morgan fingerprint density at radius 2 is 2.33 bits per heavy atom. The highest BCUT2D eigenvalue weighted by Gasteiger charge is 2.17. The highest BCUT2D eigenvalue weighted by Crippen LogP contribution is 2.14. The van der Waals surface area contributed by atoms with Gasteiger partial charge in [-0.1, -0.05) is 0 Å². The van der Waals surface area contributed by atoms with Gasteiger partial charge in [0.25, 0.3) is 6.47 Å². The first-order valence-corrected chi connectivity index (χ1v) is 6.15. The third-order valence-electron chi connectivity index (χ3n) is 1.84. The van der Waals surface area contributed by atoms with Crippen molar-refractivity contribution < 1.29 is 17.9 Å². The number of hydrogen-bond donors (Lipinski definition) is 1. The van der Waals surface area contributed by atoms with Gasteiger partial charge in [-0.3, -0.25) is 9.89 Å². The molecule has 0 aliphatic carbocycles. The second-order valence-electron chi connectivity index (χ2n) is 3.24. The number of H-pyrrole nitrogens is 1. The van der Waals surface area contributed by atoms with E-state index < -0.39 is 9.84 Å². The number of aromatic nitrogens is 2. The van der Waals surface area contributed by atoms with Gasteiger partial charge in [0.05, 0.1) is 6.20 Å². The first-order chi connectivity index (χ1) is 6.95. The summed E-state index contributed by atoms with van der Waals surface area (Å²) in [4.78, 5) is 10.1. The van der Waals surface area contributed by atoms with Crippen molar-refractivity contribution >= 4 is 16.3 Å². The Hall–Kier alpha value is -1.37. The fourth-order valence-electron chi connectivity index (χ4n) is 1.22. The van der Waals surface area contributed by atoms with Crippen molar-refractivity contribution in [3.05, 3.63) is 11.8 Å². The summed E-state index contributed by atoms with van der Waals surface area (Å²) in [6.07, 6.45) is 2.45. The largest absolute Gasteiger partial charge is 0.465 e. The van der Waals surface area contributed by atoms with E-state index in [9.17, 15) is 13.2 Å². The third-order valence-corrected chi connectivity index (χ3v) is 2.94. The molecule has 1 unspecified atom stereocenters. The van der Waals surface area contributed by atoms with Crippen LogP contribution in [0.15, 0.2) is 11.2 Å². The molecule has 84 valence electrons. The van der Waals surface area contributed by atoms with Crippen LogP contribution < -0.4 is 0 Å². The number of nitrogens with zero attached hydrogens (tertiary/aromatic N) is 1. The first kappa shape index (κ1) is 11.7. The summed E-state index contributed by atoms with van der Waals surface area (Å²) in [5, 5.41) is 6.14. The molecule has 0 amide bonds. The van der Waals surface area contributed by atoms with E-state index in [1.165, 1.54) is 6.20 Å². The Balaban J connectivity index is 2.87. The fraction of sp³-hybridized carbons (Fsp3) is 0.500. The van der Waals surface area contributed by atoms with Gasteiger partial charge in [-0.25, -0.2) is 8.42 Å². The molecule has 0 bridgehead atoms.